The molecule has 12 heavy (non-hydrogen) atoms. The maximum atomic E-state index is 12.8. The third kappa shape index (κ3) is 2.07. The predicted octanol–water partition coefficient (Wildman–Crippen LogP) is 2.06. The van der Waals surface area contributed by atoms with Crippen LogP contribution in [0.4, 0.5) is 17.6 Å². The van der Waals surface area contributed by atoms with Crippen LogP contribution in [0, 0.1) is 0 Å². The van der Waals surface area contributed by atoms with Crippen LogP contribution in [0.1, 0.15) is 6.42 Å². The van der Waals surface area contributed by atoms with Crippen LogP contribution in [0.2, 0.25) is 0 Å². The summed E-state index contributed by atoms with van der Waals surface area (Å²) in [7, 11) is 0. The summed E-state index contributed by atoms with van der Waals surface area (Å²) in [6, 6.07) is 0. The van der Waals surface area contributed by atoms with Gasteiger partial charge in [-0.1, -0.05) is 12.2 Å². The Morgan fingerprint density at radius 1 is 1.42 bits per heavy atom. The molecule has 1 aliphatic carbocycles. The minimum absolute atomic E-state index is 0.812. The zero-order chi connectivity index (χ0) is 9.41. The van der Waals surface area contributed by atoms with E-state index in [-0.39, 0.29) is 0 Å². The fraction of sp³-hybridized carbons (Fsp3) is 0.429. The van der Waals surface area contributed by atoms with E-state index >= 15 is 0 Å². The lowest BCUT2D eigenvalue weighted by atomic mass is 9.99. The van der Waals surface area contributed by atoms with Gasteiger partial charge in [-0.25, -0.2) is 4.39 Å². The molecule has 0 aromatic heterocycles. The lowest BCUT2D eigenvalue weighted by molar-refractivity contribution is -0.0974. The summed E-state index contributed by atoms with van der Waals surface area (Å²) in [4.78, 5) is 0. The van der Waals surface area contributed by atoms with E-state index in [4.69, 9.17) is 5.73 Å². The molecule has 1 aliphatic rings. The molecule has 5 heteroatoms. The Morgan fingerprint density at radius 3 is 2.33 bits per heavy atom. The summed E-state index contributed by atoms with van der Waals surface area (Å²) in [6.07, 6.45) is -2.59. The topological polar surface area (TPSA) is 26.0 Å². The van der Waals surface area contributed by atoms with Gasteiger partial charge in [0.25, 0.3) is 0 Å². The van der Waals surface area contributed by atoms with Gasteiger partial charge in [0, 0.05) is 12.0 Å². The highest BCUT2D eigenvalue weighted by Crippen LogP contribution is 2.34. The van der Waals surface area contributed by atoms with Crippen LogP contribution in [-0.2, 0) is 0 Å². The van der Waals surface area contributed by atoms with Crippen molar-refractivity contribution < 1.29 is 17.6 Å². The molecule has 0 heterocycles. The van der Waals surface area contributed by atoms with Crippen molar-refractivity contribution in [2.45, 2.75) is 18.4 Å². The number of nitrogens with two attached hydrogens (primary N) is 1. The maximum absolute atomic E-state index is 12.8. The Hall–Kier alpha value is -0.840. The van der Waals surface area contributed by atoms with Gasteiger partial charge in [0.05, 0.1) is 0 Å². The van der Waals surface area contributed by atoms with Gasteiger partial charge in [-0.15, -0.1) is 0 Å². The quantitative estimate of drug-likeness (QED) is 0.449. The van der Waals surface area contributed by atoms with Crippen LogP contribution < -0.4 is 5.73 Å². The molecule has 0 aromatic rings. The van der Waals surface area contributed by atoms with E-state index in [9.17, 15) is 17.6 Å². The number of hydrogen-bond acceptors (Lipinski definition) is 1. The van der Waals surface area contributed by atoms with E-state index in [0.29, 0.717) is 0 Å². The molecule has 1 nitrogen and oxygen atoms in total. The Balaban J connectivity index is 2.84. The van der Waals surface area contributed by atoms with Crippen molar-refractivity contribution in [3.8, 4) is 0 Å². The molecular formula is C7H7F4N. The Labute approximate surface area is 66.5 Å². The van der Waals surface area contributed by atoms with Crippen molar-refractivity contribution in [1.29, 1.82) is 0 Å². The number of alkyl halides is 4. The summed E-state index contributed by atoms with van der Waals surface area (Å²) in [5, 5.41) is 0. The van der Waals surface area contributed by atoms with Gasteiger partial charge in [0.15, 0.2) is 5.79 Å². The summed E-state index contributed by atoms with van der Waals surface area (Å²) < 4.78 is 48.7. The van der Waals surface area contributed by atoms with Crippen molar-refractivity contribution in [2.24, 2.45) is 5.73 Å². The predicted molar refractivity (Wildman–Crippen MR) is 35.9 cm³/mol. The molecule has 0 aliphatic heterocycles. The van der Waals surface area contributed by atoms with Gasteiger partial charge in [-0.3, -0.25) is 5.73 Å². The summed E-state index contributed by atoms with van der Waals surface area (Å²) in [6.45, 7) is 0. The molecule has 2 N–H and O–H groups in total. The van der Waals surface area contributed by atoms with E-state index in [1.54, 1.807) is 0 Å². The van der Waals surface area contributed by atoms with Crippen molar-refractivity contribution in [3.05, 3.63) is 23.8 Å². The molecule has 1 atom stereocenters. The first-order chi connectivity index (χ1) is 5.31. The summed E-state index contributed by atoms with van der Waals surface area (Å²) in [5.41, 5.74) is 3.94. The van der Waals surface area contributed by atoms with Crippen molar-refractivity contribution >= 4 is 0 Å². The first-order valence-electron chi connectivity index (χ1n) is 3.25. The van der Waals surface area contributed by atoms with Gasteiger partial charge in [0.2, 0.25) is 0 Å². The van der Waals surface area contributed by atoms with E-state index in [0.717, 1.165) is 18.2 Å². The highest BCUT2D eigenvalue weighted by atomic mass is 19.4. The smallest absolute Gasteiger partial charge is 0.296 e. The van der Waals surface area contributed by atoms with Gasteiger partial charge in [-0.2, -0.15) is 13.2 Å². The molecule has 1 unspecified atom stereocenters. The highest BCUT2D eigenvalue weighted by molar-refractivity contribution is 5.27. The molecule has 0 saturated heterocycles. The largest absolute Gasteiger partial charge is 0.412 e. The fourth-order valence-corrected chi connectivity index (χ4v) is 0.929. The van der Waals surface area contributed by atoms with Crippen molar-refractivity contribution in [2.75, 3.05) is 0 Å². The third-order valence-corrected chi connectivity index (χ3v) is 1.50. The first kappa shape index (κ1) is 9.25. The van der Waals surface area contributed by atoms with E-state index in [1.165, 1.54) is 0 Å². The fourth-order valence-electron chi connectivity index (χ4n) is 0.929. The standard InChI is InChI=1S/C7H7F4N/c8-6(12)3-1-2-5(4-6)7(9,10)11/h1-3H,4,12H2. The van der Waals surface area contributed by atoms with E-state index in [1.807, 2.05) is 0 Å². The second-order valence-corrected chi connectivity index (χ2v) is 2.65. The van der Waals surface area contributed by atoms with E-state index < -0.39 is 24.0 Å². The minimum atomic E-state index is -4.48. The van der Waals surface area contributed by atoms with Crippen LogP contribution in [-0.4, -0.2) is 12.0 Å². The summed E-state index contributed by atoms with van der Waals surface area (Å²) >= 11 is 0. The average Bonchev–Trinajstić information content (AvgIpc) is 1.83. The lowest BCUT2D eigenvalue weighted by Crippen LogP contribution is -2.36. The van der Waals surface area contributed by atoms with Gasteiger partial charge < -0.3 is 0 Å². The van der Waals surface area contributed by atoms with Crippen LogP contribution in [0.15, 0.2) is 23.8 Å². The number of halogens is 4. The zero-order valence-electron chi connectivity index (χ0n) is 6.03. The average molecular weight is 181 g/mol. The Bertz CT molecular complexity index is 236. The molecular weight excluding hydrogens is 174 g/mol. The monoisotopic (exact) mass is 181 g/mol. The van der Waals surface area contributed by atoms with Crippen LogP contribution in [0.25, 0.3) is 0 Å². The van der Waals surface area contributed by atoms with Gasteiger partial charge in [-0.05, 0) is 6.08 Å². The SMILES string of the molecule is NC1(F)C=CC=C(C(F)(F)F)C1. The molecule has 68 valence electrons. The van der Waals surface area contributed by atoms with Gasteiger partial charge >= 0.3 is 6.18 Å². The van der Waals surface area contributed by atoms with Crippen LogP contribution in [0.5, 0.6) is 0 Å². The number of hydrogen-bond donors (Lipinski definition) is 1. The first-order valence-corrected chi connectivity index (χ1v) is 3.25. The normalized spacial score (nSPS) is 30.2. The van der Waals surface area contributed by atoms with Crippen LogP contribution in [0.3, 0.4) is 0 Å². The molecule has 0 aromatic carbocycles. The molecule has 0 fully saturated rings. The molecule has 0 amide bonds. The Morgan fingerprint density at radius 2 is 2.00 bits per heavy atom. The highest BCUT2D eigenvalue weighted by Gasteiger charge is 2.39. The molecule has 1 rings (SSSR count). The summed E-state index contributed by atoms with van der Waals surface area (Å²) in [5.74, 6) is -2.36. The number of allylic oxidation sites excluding steroid dienone is 2. The zero-order valence-corrected chi connectivity index (χ0v) is 6.03. The third-order valence-electron chi connectivity index (χ3n) is 1.50. The lowest BCUT2D eigenvalue weighted by Gasteiger charge is -2.22. The van der Waals surface area contributed by atoms with Crippen molar-refractivity contribution in [1.82, 2.24) is 0 Å². The minimum Gasteiger partial charge on any atom is -0.296 e. The molecule has 0 bridgehead atoms. The second kappa shape index (κ2) is 2.58. The molecule has 0 saturated carbocycles. The molecule has 0 radical (unpaired) electrons. The van der Waals surface area contributed by atoms with Crippen LogP contribution >= 0.6 is 0 Å². The number of rotatable bonds is 0. The maximum Gasteiger partial charge on any atom is 0.412 e. The van der Waals surface area contributed by atoms with Gasteiger partial charge in [0.1, 0.15) is 0 Å². The molecule has 0 spiro atoms. The Kier molecular flexibility index (Phi) is 1.99. The van der Waals surface area contributed by atoms with Crippen molar-refractivity contribution in [3.63, 3.8) is 0 Å². The second-order valence-electron chi connectivity index (χ2n) is 2.65. The van der Waals surface area contributed by atoms with E-state index in [2.05, 4.69) is 0 Å².